The molecule has 0 spiro atoms. The van der Waals surface area contributed by atoms with Gasteiger partial charge in [-0.15, -0.1) is 11.8 Å². The summed E-state index contributed by atoms with van der Waals surface area (Å²) in [5, 5.41) is 0. The molecule has 0 aliphatic carbocycles. The lowest BCUT2D eigenvalue weighted by Crippen LogP contribution is -2.41. The fraction of sp³-hybridized carbons (Fsp3) is 0.444. The van der Waals surface area contributed by atoms with Crippen LogP contribution in [0.2, 0.25) is 0 Å². The molecule has 6 nitrogen and oxygen atoms in total. The Kier molecular flexibility index (Phi) is 13.6. The van der Waals surface area contributed by atoms with Gasteiger partial charge in [-0.25, -0.2) is 4.79 Å². The summed E-state index contributed by atoms with van der Waals surface area (Å²) in [6.07, 6.45) is 3.87. The average molecular weight is 605 g/mol. The number of thioether (sulfide) groups is 1. The molecule has 7 heteroatoms. The Morgan fingerprint density at radius 2 is 1.19 bits per heavy atom. The molecule has 0 aliphatic rings. The highest BCUT2D eigenvalue weighted by Crippen LogP contribution is 2.48. The van der Waals surface area contributed by atoms with Crippen LogP contribution in [0.5, 0.6) is 0 Å². The van der Waals surface area contributed by atoms with Crippen molar-refractivity contribution in [3.8, 4) is 0 Å². The number of esters is 1. The summed E-state index contributed by atoms with van der Waals surface area (Å²) >= 11 is 2.00. The third-order valence-corrected chi connectivity index (χ3v) is 8.90. The molecule has 0 unspecified atom stereocenters. The lowest BCUT2D eigenvalue weighted by molar-refractivity contribution is -0.141. The molecule has 0 saturated heterocycles. The number of nitrogens with zero attached hydrogens (tertiary/aromatic N) is 2. The summed E-state index contributed by atoms with van der Waals surface area (Å²) < 4.78 is 10.1. The second-order valence-electron chi connectivity index (χ2n) is 11.8. The van der Waals surface area contributed by atoms with Crippen LogP contribution < -0.4 is 0 Å². The lowest BCUT2D eigenvalue weighted by atomic mass is 9.84. The number of likely N-dealkylation sites (N-methyl/N-ethyl adjacent to an activating group) is 1. The molecule has 0 saturated carbocycles. The molecule has 0 fully saturated rings. The summed E-state index contributed by atoms with van der Waals surface area (Å²) in [5.74, 6) is 0.751. The Balaban J connectivity index is 1.57. The minimum atomic E-state index is -0.543. The van der Waals surface area contributed by atoms with Crippen LogP contribution in [0.3, 0.4) is 0 Å². The average Bonchev–Trinajstić information content (AvgIpc) is 3.01. The number of carbonyl (C=O) groups is 2. The van der Waals surface area contributed by atoms with Crippen molar-refractivity contribution in [2.24, 2.45) is 0 Å². The molecule has 0 atom stereocenters. The van der Waals surface area contributed by atoms with Gasteiger partial charge in [0.1, 0.15) is 5.60 Å². The number of rotatable bonds is 16. The Bertz CT molecular complexity index is 1140. The summed E-state index contributed by atoms with van der Waals surface area (Å²) in [4.78, 5) is 28.0. The first kappa shape index (κ1) is 34.2. The molecule has 0 bridgehead atoms. The van der Waals surface area contributed by atoms with E-state index in [1.807, 2.05) is 32.5 Å². The number of unbranched alkanes of at least 4 members (excludes halogenated alkanes) is 3. The Labute approximate surface area is 262 Å². The van der Waals surface area contributed by atoms with Crippen LogP contribution in [0.25, 0.3) is 0 Å². The van der Waals surface area contributed by atoms with Gasteiger partial charge in [-0.05, 0) is 62.6 Å². The zero-order valence-corrected chi connectivity index (χ0v) is 27.3. The van der Waals surface area contributed by atoms with Gasteiger partial charge in [0.05, 0.1) is 18.4 Å². The summed E-state index contributed by atoms with van der Waals surface area (Å²) in [5.41, 5.74) is 3.31. The van der Waals surface area contributed by atoms with Crippen LogP contribution in [-0.2, 0) is 19.0 Å². The smallest absolute Gasteiger partial charge is 0.410 e. The van der Waals surface area contributed by atoms with Crippen LogP contribution in [0.15, 0.2) is 91.0 Å². The van der Waals surface area contributed by atoms with Gasteiger partial charge in [0.15, 0.2) is 0 Å². The van der Waals surface area contributed by atoms with Gasteiger partial charge < -0.3 is 14.4 Å². The number of carbonyl (C=O) groups excluding carboxylic acids is 2. The van der Waals surface area contributed by atoms with Gasteiger partial charge >= 0.3 is 12.1 Å². The SMILES string of the molecule is COC(=O)CN(CCCCCCSC(c1ccccc1)(c1ccccc1)c1ccccc1)CCN(C)C(=O)OC(C)(C)C. The van der Waals surface area contributed by atoms with Crippen molar-refractivity contribution in [2.45, 2.75) is 56.8 Å². The van der Waals surface area contributed by atoms with Crippen LogP contribution in [0.1, 0.15) is 63.1 Å². The van der Waals surface area contributed by atoms with E-state index in [0.717, 1.165) is 38.0 Å². The number of ether oxygens (including phenoxy) is 2. The van der Waals surface area contributed by atoms with Crippen molar-refractivity contribution < 1.29 is 19.1 Å². The first-order valence-electron chi connectivity index (χ1n) is 15.2. The first-order chi connectivity index (χ1) is 20.7. The number of benzene rings is 3. The van der Waals surface area contributed by atoms with E-state index < -0.39 is 5.60 Å². The van der Waals surface area contributed by atoms with E-state index in [4.69, 9.17) is 9.47 Å². The third kappa shape index (κ3) is 10.7. The van der Waals surface area contributed by atoms with Gasteiger partial charge in [0.2, 0.25) is 0 Å². The molecule has 0 aliphatic heterocycles. The maximum atomic E-state index is 12.3. The monoisotopic (exact) mass is 604 g/mol. The predicted octanol–water partition coefficient (Wildman–Crippen LogP) is 7.61. The zero-order valence-electron chi connectivity index (χ0n) is 26.5. The van der Waals surface area contributed by atoms with E-state index in [1.54, 1.807) is 11.9 Å². The Hall–Kier alpha value is -3.29. The second kappa shape index (κ2) is 17.1. The number of methoxy groups -OCH3 is 1. The fourth-order valence-corrected chi connectivity index (χ4v) is 6.59. The maximum absolute atomic E-state index is 12.3. The van der Waals surface area contributed by atoms with Crippen molar-refractivity contribution in [1.82, 2.24) is 9.80 Å². The quantitative estimate of drug-likeness (QED) is 0.0953. The molecule has 0 heterocycles. The third-order valence-electron chi connectivity index (χ3n) is 7.27. The van der Waals surface area contributed by atoms with Crippen molar-refractivity contribution >= 4 is 23.8 Å². The number of amides is 1. The van der Waals surface area contributed by atoms with Crippen molar-refractivity contribution in [3.63, 3.8) is 0 Å². The van der Waals surface area contributed by atoms with E-state index in [9.17, 15) is 9.59 Å². The van der Waals surface area contributed by atoms with Gasteiger partial charge in [0.25, 0.3) is 0 Å². The highest BCUT2D eigenvalue weighted by Gasteiger charge is 2.36. The lowest BCUT2D eigenvalue weighted by Gasteiger charge is -2.35. The molecule has 3 aromatic carbocycles. The van der Waals surface area contributed by atoms with E-state index in [1.165, 1.54) is 23.8 Å². The number of hydrogen-bond donors (Lipinski definition) is 0. The maximum Gasteiger partial charge on any atom is 0.410 e. The van der Waals surface area contributed by atoms with E-state index in [-0.39, 0.29) is 23.4 Å². The molecule has 3 rings (SSSR count). The molecular formula is C36H48N2O4S. The minimum Gasteiger partial charge on any atom is -0.468 e. The predicted molar refractivity (Wildman–Crippen MR) is 177 cm³/mol. The van der Waals surface area contributed by atoms with E-state index >= 15 is 0 Å². The number of hydrogen-bond acceptors (Lipinski definition) is 6. The molecule has 1 amide bonds. The van der Waals surface area contributed by atoms with Crippen molar-refractivity contribution in [2.75, 3.05) is 46.1 Å². The normalized spacial score (nSPS) is 11.8. The molecule has 0 N–H and O–H groups in total. The van der Waals surface area contributed by atoms with Crippen LogP contribution in [0, 0.1) is 0 Å². The van der Waals surface area contributed by atoms with Crippen molar-refractivity contribution in [1.29, 1.82) is 0 Å². The second-order valence-corrected chi connectivity index (χ2v) is 13.1. The molecule has 43 heavy (non-hydrogen) atoms. The highest BCUT2D eigenvalue weighted by atomic mass is 32.2. The minimum absolute atomic E-state index is 0.211. The highest BCUT2D eigenvalue weighted by molar-refractivity contribution is 8.00. The van der Waals surface area contributed by atoms with Gasteiger partial charge in [-0.1, -0.05) is 104 Å². The van der Waals surface area contributed by atoms with Crippen LogP contribution in [-0.4, -0.2) is 73.6 Å². The first-order valence-corrected chi connectivity index (χ1v) is 16.2. The van der Waals surface area contributed by atoms with Crippen LogP contribution in [0.4, 0.5) is 4.79 Å². The standard InChI is InChI=1S/C36H48N2O4S/c1-35(2,3)42-34(40)37(4)26-27-38(29-33(39)41-5)25-17-6-7-18-28-43-36(30-19-11-8-12-20-30,31-21-13-9-14-22-31)32-23-15-10-16-24-32/h8-16,19-24H,6-7,17-18,25-29H2,1-5H3. The van der Waals surface area contributed by atoms with Gasteiger partial charge in [-0.2, -0.15) is 0 Å². The van der Waals surface area contributed by atoms with Gasteiger partial charge in [0, 0.05) is 20.1 Å². The molecule has 232 valence electrons. The fourth-order valence-electron chi connectivity index (χ4n) is 5.02. The van der Waals surface area contributed by atoms with Crippen LogP contribution >= 0.6 is 11.8 Å². The summed E-state index contributed by atoms with van der Waals surface area (Å²) in [6.45, 7) is 7.59. The van der Waals surface area contributed by atoms with E-state index in [0.29, 0.717) is 13.1 Å². The summed E-state index contributed by atoms with van der Waals surface area (Å²) in [7, 11) is 3.13. The van der Waals surface area contributed by atoms with E-state index in [2.05, 4.69) is 95.9 Å². The zero-order chi connectivity index (χ0) is 31.1. The topological polar surface area (TPSA) is 59.1 Å². The molecule has 0 radical (unpaired) electrons. The largest absolute Gasteiger partial charge is 0.468 e. The molecule has 0 aromatic heterocycles. The Morgan fingerprint density at radius 3 is 1.65 bits per heavy atom. The molecular weight excluding hydrogens is 556 g/mol. The van der Waals surface area contributed by atoms with Crippen molar-refractivity contribution in [3.05, 3.63) is 108 Å². The van der Waals surface area contributed by atoms with Gasteiger partial charge in [-0.3, -0.25) is 9.69 Å². The molecule has 3 aromatic rings. The Morgan fingerprint density at radius 1 is 0.698 bits per heavy atom. The summed E-state index contributed by atoms with van der Waals surface area (Å²) in [6, 6.07) is 32.4.